The van der Waals surface area contributed by atoms with E-state index in [4.69, 9.17) is 5.73 Å². The van der Waals surface area contributed by atoms with Crippen LogP contribution in [-0.4, -0.2) is 39.6 Å². The van der Waals surface area contributed by atoms with E-state index in [1.54, 1.807) is 48.5 Å². The van der Waals surface area contributed by atoms with Crippen LogP contribution in [0.15, 0.2) is 48.5 Å². The summed E-state index contributed by atoms with van der Waals surface area (Å²) in [5.41, 5.74) is 7.16. The number of hydrogen-bond acceptors (Lipinski definition) is 5. The number of amides is 2. The van der Waals surface area contributed by atoms with Crippen molar-refractivity contribution in [3.8, 4) is 0 Å². The van der Waals surface area contributed by atoms with Gasteiger partial charge in [0.05, 0.1) is 23.8 Å². The lowest BCUT2D eigenvalue weighted by Crippen LogP contribution is -2.45. The van der Waals surface area contributed by atoms with Crippen LogP contribution >= 0.6 is 0 Å². The van der Waals surface area contributed by atoms with Crippen molar-refractivity contribution in [2.24, 2.45) is 0 Å². The first-order chi connectivity index (χ1) is 11.0. The van der Waals surface area contributed by atoms with Gasteiger partial charge in [-0.25, -0.2) is 0 Å². The second-order valence-corrected chi connectivity index (χ2v) is 5.39. The van der Waals surface area contributed by atoms with E-state index in [2.05, 4.69) is 0 Å². The fourth-order valence-electron chi connectivity index (χ4n) is 2.75. The molecule has 0 aromatic heterocycles. The summed E-state index contributed by atoms with van der Waals surface area (Å²) < 4.78 is 0. The van der Waals surface area contributed by atoms with Gasteiger partial charge in [-0.1, -0.05) is 24.3 Å². The van der Waals surface area contributed by atoms with Crippen molar-refractivity contribution in [1.29, 1.82) is 0 Å². The molecule has 23 heavy (non-hydrogen) atoms. The molecule has 2 aromatic rings. The van der Waals surface area contributed by atoms with Crippen LogP contribution in [0.4, 0.5) is 5.69 Å². The van der Waals surface area contributed by atoms with Gasteiger partial charge in [-0.2, -0.15) is 0 Å². The van der Waals surface area contributed by atoms with Crippen LogP contribution in [0.5, 0.6) is 0 Å². The van der Waals surface area contributed by atoms with Crippen LogP contribution in [0, 0.1) is 0 Å². The standard InChI is InChI=1S/C17H16N2O4/c18-11-7-5-10(6-8-11)15(21)14(9-20)19-16(22)12-3-1-2-4-13(12)17(19)23/h1-8,14-15,20-21H,9,18H2/t14-,15-/m0/s1. The molecule has 3 rings (SSSR count). The van der Waals surface area contributed by atoms with Gasteiger partial charge in [-0.15, -0.1) is 0 Å². The van der Waals surface area contributed by atoms with Crippen LogP contribution in [0.2, 0.25) is 0 Å². The normalized spacial score (nSPS) is 16.3. The molecule has 1 heterocycles. The Bertz CT molecular complexity index is 722. The van der Waals surface area contributed by atoms with E-state index in [0.717, 1.165) is 4.90 Å². The zero-order chi connectivity index (χ0) is 16.6. The molecule has 1 aliphatic rings. The van der Waals surface area contributed by atoms with Crippen molar-refractivity contribution in [3.05, 3.63) is 65.2 Å². The van der Waals surface area contributed by atoms with E-state index < -0.39 is 30.6 Å². The number of aliphatic hydroxyl groups is 2. The molecular weight excluding hydrogens is 296 g/mol. The van der Waals surface area contributed by atoms with Crippen molar-refractivity contribution in [1.82, 2.24) is 4.90 Å². The lowest BCUT2D eigenvalue weighted by Gasteiger charge is -2.29. The summed E-state index contributed by atoms with van der Waals surface area (Å²) in [5.74, 6) is -1.03. The van der Waals surface area contributed by atoms with Gasteiger partial charge in [-0.3, -0.25) is 14.5 Å². The van der Waals surface area contributed by atoms with Crippen molar-refractivity contribution < 1.29 is 19.8 Å². The summed E-state index contributed by atoms with van der Waals surface area (Å²) in [6, 6.07) is 11.8. The lowest BCUT2D eigenvalue weighted by atomic mass is 10.0. The molecule has 2 amide bonds. The predicted octanol–water partition coefficient (Wildman–Crippen LogP) is 0.959. The first kappa shape index (κ1) is 15.2. The highest BCUT2D eigenvalue weighted by Gasteiger charge is 2.42. The van der Waals surface area contributed by atoms with Gasteiger partial charge in [0, 0.05) is 5.69 Å². The van der Waals surface area contributed by atoms with Gasteiger partial charge in [0.2, 0.25) is 0 Å². The van der Waals surface area contributed by atoms with Gasteiger partial charge in [0.15, 0.2) is 0 Å². The molecule has 6 nitrogen and oxygen atoms in total. The van der Waals surface area contributed by atoms with E-state index in [1.807, 2.05) is 0 Å². The Morgan fingerprint density at radius 3 is 1.96 bits per heavy atom. The number of nitrogens with two attached hydrogens (primary N) is 1. The van der Waals surface area contributed by atoms with Crippen molar-refractivity contribution in [3.63, 3.8) is 0 Å². The number of aliphatic hydroxyl groups excluding tert-OH is 2. The third-order valence-electron chi connectivity index (χ3n) is 3.99. The summed E-state index contributed by atoms with van der Waals surface area (Å²) in [5, 5.41) is 20.2. The molecule has 2 atom stereocenters. The summed E-state index contributed by atoms with van der Waals surface area (Å²) in [4.78, 5) is 25.8. The first-order valence-electron chi connectivity index (χ1n) is 7.16. The molecule has 1 aliphatic heterocycles. The quantitative estimate of drug-likeness (QED) is 0.576. The highest BCUT2D eigenvalue weighted by molar-refractivity contribution is 6.21. The van der Waals surface area contributed by atoms with Crippen LogP contribution < -0.4 is 5.73 Å². The van der Waals surface area contributed by atoms with Gasteiger partial charge in [-0.05, 0) is 29.8 Å². The highest BCUT2D eigenvalue weighted by atomic mass is 16.3. The van der Waals surface area contributed by atoms with E-state index in [1.165, 1.54) is 0 Å². The van der Waals surface area contributed by atoms with E-state index >= 15 is 0 Å². The Hall–Kier alpha value is -2.70. The Balaban J connectivity index is 1.94. The highest BCUT2D eigenvalue weighted by Crippen LogP contribution is 2.30. The maximum Gasteiger partial charge on any atom is 0.261 e. The van der Waals surface area contributed by atoms with Crippen LogP contribution in [-0.2, 0) is 0 Å². The summed E-state index contributed by atoms with van der Waals surface area (Å²) in [6.07, 6.45) is -1.21. The fourth-order valence-corrected chi connectivity index (χ4v) is 2.75. The summed E-state index contributed by atoms with van der Waals surface area (Å²) >= 11 is 0. The molecule has 0 fully saturated rings. The number of nitrogens with zero attached hydrogens (tertiary/aromatic N) is 1. The third-order valence-corrected chi connectivity index (χ3v) is 3.99. The zero-order valence-electron chi connectivity index (χ0n) is 12.2. The number of benzene rings is 2. The zero-order valence-corrected chi connectivity index (χ0v) is 12.2. The number of nitrogen functional groups attached to an aromatic ring is 1. The van der Waals surface area contributed by atoms with Crippen LogP contribution in [0.3, 0.4) is 0 Å². The maximum absolute atomic E-state index is 12.5. The molecule has 0 saturated heterocycles. The number of imide groups is 1. The van der Waals surface area contributed by atoms with Crippen molar-refractivity contribution in [2.75, 3.05) is 12.3 Å². The average molecular weight is 312 g/mol. The number of rotatable bonds is 4. The predicted molar refractivity (Wildman–Crippen MR) is 83.6 cm³/mol. The van der Waals surface area contributed by atoms with E-state index in [9.17, 15) is 19.8 Å². The largest absolute Gasteiger partial charge is 0.399 e. The first-order valence-corrected chi connectivity index (χ1v) is 7.16. The smallest absolute Gasteiger partial charge is 0.261 e. The molecule has 4 N–H and O–H groups in total. The van der Waals surface area contributed by atoms with E-state index in [0.29, 0.717) is 11.3 Å². The molecule has 2 aromatic carbocycles. The van der Waals surface area contributed by atoms with Gasteiger partial charge in [0.1, 0.15) is 6.10 Å². The molecule has 0 saturated carbocycles. The molecule has 0 radical (unpaired) electrons. The number of carbonyl (C=O) groups is 2. The van der Waals surface area contributed by atoms with Gasteiger partial charge in [0.25, 0.3) is 11.8 Å². The molecule has 0 spiro atoms. The SMILES string of the molecule is Nc1ccc([C@H](O)[C@H](CO)N2C(=O)c3ccccc3C2=O)cc1. The molecular formula is C17H16N2O4. The fraction of sp³-hybridized carbons (Fsp3) is 0.176. The minimum atomic E-state index is -1.21. The van der Waals surface area contributed by atoms with Gasteiger partial charge >= 0.3 is 0 Å². The van der Waals surface area contributed by atoms with Gasteiger partial charge < -0.3 is 15.9 Å². The molecule has 6 heteroatoms. The molecule has 118 valence electrons. The Kier molecular flexibility index (Phi) is 3.85. The van der Waals surface area contributed by atoms with Crippen molar-refractivity contribution >= 4 is 17.5 Å². The summed E-state index contributed by atoms with van der Waals surface area (Å²) in [7, 11) is 0. The minimum Gasteiger partial charge on any atom is -0.399 e. The van der Waals surface area contributed by atoms with Crippen LogP contribution in [0.25, 0.3) is 0 Å². The molecule has 0 aliphatic carbocycles. The monoisotopic (exact) mass is 312 g/mol. The Morgan fingerprint density at radius 2 is 1.48 bits per heavy atom. The Morgan fingerprint density at radius 1 is 0.957 bits per heavy atom. The van der Waals surface area contributed by atoms with Crippen molar-refractivity contribution in [2.45, 2.75) is 12.1 Å². The topological polar surface area (TPSA) is 104 Å². The average Bonchev–Trinajstić information content (AvgIpc) is 2.82. The second-order valence-electron chi connectivity index (χ2n) is 5.39. The number of carbonyl (C=O) groups excluding carboxylic acids is 2. The van der Waals surface area contributed by atoms with E-state index in [-0.39, 0.29) is 11.1 Å². The number of fused-ring (bicyclic) bond motifs is 1. The molecule has 0 unspecified atom stereocenters. The maximum atomic E-state index is 12.5. The summed E-state index contributed by atoms with van der Waals surface area (Å²) in [6.45, 7) is -0.545. The number of anilines is 1. The third kappa shape index (κ3) is 2.48. The number of hydrogen-bond donors (Lipinski definition) is 3. The molecule has 0 bridgehead atoms. The van der Waals surface area contributed by atoms with Crippen LogP contribution in [0.1, 0.15) is 32.4 Å². The second kappa shape index (κ2) is 5.83. The minimum absolute atomic E-state index is 0.278. The lowest BCUT2D eigenvalue weighted by molar-refractivity contribution is 0.0172. The Labute approximate surface area is 132 Å².